The third-order valence-electron chi connectivity index (χ3n) is 1.32. The summed E-state index contributed by atoms with van der Waals surface area (Å²) in [4.78, 5) is 6.93. The molecule has 1 unspecified atom stereocenters. The molecule has 2 nitrogen and oxygen atoms in total. The van der Waals surface area contributed by atoms with Crippen LogP contribution in [0.3, 0.4) is 0 Å². The second-order valence-electron chi connectivity index (χ2n) is 2.09. The lowest BCUT2D eigenvalue weighted by Gasteiger charge is -2.01. The van der Waals surface area contributed by atoms with Crippen molar-refractivity contribution in [1.82, 2.24) is 9.97 Å². The van der Waals surface area contributed by atoms with Crippen molar-refractivity contribution < 1.29 is 0 Å². The summed E-state index contributed by atoms with van der Waals surface area (Å²) in [6.07, 6.45) is 3.52. The Bertz CT molecular complexity index is 160. The van der Waals surface area contributed by atoms with E-state index in [9.17, 15) is 0 Å². The Kier molecular flexibility index (Phi) is 2.16. The van der Waals surface area contributed by atoms with Gasteiger partial charge in [0.15, 0.2) is 0 Å². The van der Waals surface area contributed by atoms with Gasteiger partial charge in [0.1, 0.15) is 0 Å². The molecule has 1 heterocycles. The Labute approximate surface area is 60.1 Å². The maximum atomic E-state index is 4.15. The van der Waals surface area contributed by atoms with E-state index in [1.54, 1.807) is 6.33 Å². The number of nitrogens with zero attached hydrogens (tertiary/aromatic N) is 1. The Morgan fingerprint density at radius 1 is 1.89 bits per heavy atom. The van der Waals surface area contributed by atoms with Gasteiger partial charge >= 0.3 is 0 Å². The summed E-state index contributed by atoms with van der Waals surface area (Å²) in [5.74, 6) is 1.35. The van der Waals surface area contributed by atoms with Gasteiger partial charge < -0.3 is 4.98 Å². The van der Waals surface area contributed by atoms with Crippen molar-refractivity contribution in [2.45, 2.75) is 12.8 Å². The van der Waals surface area contributed by atoms with Crippen LogP contribution in [-0.4, -0.2) is 15.7 Å². The number of imidazole rings is 1. The second-order valence-corrected chi connectivity index (χ2v) is 2.46. The monoisotopic (exact) mass is 142 g/mol. The zero-order chi connectivity index (χ0) is 6.69. The first kappa shape index (κ1) is 6.68. The van der Waals surface area contributed by atoms with Crippen molar-refractivity contribution in [3.05, 3.63) is 18.2 Å². The topological polar surface area (TPSA) is 28.7 Å². The Hall–Kier alpha value is -0.440. The summed E-state index contributed by atoms with van der Waals surface area (Å²) in [6.45, 7) is 2.11. The molecule has 0 spiro atoms. The maximum Gasteiger partial charge on any atom is 0.0921 e. The molecule has 0 fully saturated rings. The summed E-state index contributed by atoms with van der Waals surface area (Å²) in [5.41, 5.74) is 1.16. The van der Waals surface area contributed by atoms with Gasteiger partial charge in [0.2, 0.25) is 0 Å². The highest BCUT2D eigenvalue weighted by Crippen LogP contribution is 2.11. The highest BCUT2D eigenvalue weighted by molar-refractivity contribution is 7.80. The average Bonchev–Trinajstić information content (AvgIpc) is 2.37. The molecule has 0 bridgehead atoms. The summed E-state index contributed by atoms with van der Waals surface area (Å²) in [6, 6.07) is 0. The second kappa shape index (κ2) is 2.92. The van der Waals surface area contributed by atoms with Crippen LogP contribution in [0.15, 0.2) is 12.5 Å². The quantitative estimate of drug-likeness (QED) is 0.601. The molecule has 1 rings (SSSR count). The summed E-state index contributed by atoms with van der Waals surface area (Å²) in [7, 11) is 0. The van der Waals surface area contributed by atoms with Gasteiger partial charge in [-0.2, -0.15) is 12.6 Å². The van der Waals surface area contributed by atoms with E-state index in [4.69, 9.17) is 0 Å². The van der Waals surface area contributed by atoms with E-state index in [1.807, 2.05) is 6.20 Å². The van der Waals surface area contributed by atoms with Gasteiger partial charge in [-0.15, -0.1) is 0 Å². The van der Waals surface area contributed by atoms with E-state index < -0.39 is 0 Å². The molecule has 0 saturated carbocycles. The lowest BCUT2D eigenvalue weighted by molar-refractivity contribution is 0.848. The van der Waals surface area contributed by atoms with E-state index >= 15 is 0 Å². The lowest BCUT2D eigenvalue weighted by Crippen LogP contribution is -1.93. The lowest BCUT2D eigenvalue weighted by atomic mass is 10.1. The first-order chi connectivity index (χ1) is 4.34. The molecule has 0 aliphatic heterocycles. The molecule has 0 aliphatic carbocycles. The van der Waals surface area contributed by atoms with Crippen molar-refractivity contribution in [1.29, 1.82) is 0 Å². The van der Waals surface area contributed by atoms with Gasteiger partial charge in [-0.1, -0.05) is 6.92 Å². The van der Waals surface area contributed by atoms with Crippen molar-refractivity contribution in [3.63, 3.8) is 0 Å². The zero-order valence-corrected chi connectivity index (χ0v) is 6.23. The number of H-pyrrole nitrogens is 1. The number of hydrogen-bond donors (Lipinski definition) is 2. The van der Waals surface area contributed by atoms with E-state index in [0.29, 0.717) is 5.92 Å². The SMILES string of the molecule is CC(CS)c1cnc[nH]1. The normalized spacial score (nSPS) is 13.6. The predicted molar refractivity (Wildman–Crippen MR) is 40.9 cm³/mol. The van der Waals surface area contributed by atoms with Crippen LogP contribution in [-0.2, 0) is 0 Å². The van der Waals surface area contributed by atoms with Crippen LogP contribution < -0.4 is 0 Å². The standard InChI is InChI=1S/C6H10N2S/c1-5(3-9)6-2-7-4-8-6/h2,4-5,9H,3H2,1H3,(H,7,8). The van der Waals surface area contributed by atoms with Crippen molar-refractivity contribution in [3.8, 4) is 0 Å². The number of rotatable bonds is 2. The van der Waals surface area contributed by atoms with E-state index in [1.165, 1.54) is 0 Å². The maximum absolute atomic E-state index is 4.15. The molecular weight excluding hydrogens is 132 g/mol. The van der Waals surface area contributed by atoms with Crippen LogP contribution in [0, 0.1) is 0 Å². The average molecular weight is 142 g/mol. The fourth-order valence-electron chi connectivity index (χ4n) is 0.634. The molecule has 0 amide bonds. The Morgan fingerprint density at radius 3 is 3.11 bits per heavy atom. The molecule has 1 N–H and O–H groups in total. The van der Waals surface area contributed by atoms with E-state index in [2.05, 4.69) is 29.5 Å². The molecule has 0 radical (unpaired) electrons. The largest absolute Gasteiger partial charge is 0.348 e. The van der Waals surface area contributed by atoms with Gasteiger partial charge in [0.05, 0.1) is 6.33 Å². The first-order valence-electron chi connectivity index (χ1n) is 2.93. The molecule has 0 aromatic carbocycles. The smallest absolute Gasteiger partial charge is 0.0921 e. The number of aromatic nitrogens is 2. The number of nitrogens with one attached hydrogen (secondary N) is 1. The van der Waals surface area contributed by atoms with Crippen molar-refractivity contribution >= 4 is 12.6 Å². The molecule has 1 aromatic rings. The zero-order valence-electron chi connectivity index (χ0n) is 5.33. The summed E-state index contributed by atoms with van der Waals surface area (Å²) < 4.78 is 0. The highest BCUT2D eigenvalue weighted by Gasteiger charge is 2.01. The fraction of sp³-hybridized carbons (Fsp3) is 0.500. The van der Waals surface area contributed by atoms with Crippen LogP contribution in [0.5, 0.6) is 0 Å². The Balaban J connectivity index is 2.65. The first-order valence-corrected chi connectivity index (χ1v) is 3.57. The third kappa shape index (κ3) is 1.48. The predicted octanol–water partition coefficient (Wildman–Crippen LogP) is 1.44. The molecule has 1 aromatic heterocycles. The van der Waals surface area contributed by atoms with E-state index in [-0.39, 0.29) is 0 Å². The molecule has 3 heteroatoms. The van der Waals surface area contributed by atoms with Gasteiger partial charge in [-0.05, 0) is 5.75 Å². The van der Waals surface area contributed by atoms with Crippen LogP contribution in [0.1, 0.15) is 18.5 Å². The number of thiol groups is 1. The molecule has 1 atom stereocenters. The minimum atomic E-state index is 0.482. The Morgan fingerprint density at radius 2 is 2.67 bits per heavy atom. The molecule has 0 aliphatic rings. The highest BCUT2D eigenvalue weighted by atomic mass is 32.1. The molecule has 50 valence electrons. The van der Waals surface area contributed by atoms with Gasteiger partial charge in [-0.3, -0.25) is 0 Å². The summed E-state index contributed by atoms with van der Waals surface area (Å²) >= 11 is 4.15. The molecule has 0 saturated heterocycles. The number of aromatic amines is 1. The van der Waals surface area contributed by atoms with Gasteiger partial charge in [0, 0.05) is 17.8 Å². The van der Waals surface area contributed by atoms with Crippen LogP contribution in [0.2, 0.25) is 0 Å². The van der Waals surface area contributed by atoms with Crippen molar-refractivity contribution in [2.24, 2.45) is 0 Å². The number of hydrogen-bond acceptors (Lipinski definition) is 2. The van der Waals surface area contributed by atoms with Gasteiger partial charge in [-0.25, -0.2) is 4.98 Å². The van der Waals surface area contributed by atoms with E-state index in [0.717, 1.165) is 11.4 Å². The van der Waals surface area contributed by atoms with Gasteiger partial charge in [0.25, 0.3) is 0 Å². The summed E-state index contributed by atoms with van der Waals surface area (Å²) in [5, 5.41) is 0. The molecular formula is C6H10N2S. The molecule has 9 heavy (non-hydrogen) atoms. The minimum absolute atomic E-state index is 0.482. The fourth-order valence-corrected chi connectivity index (χ4v) is 0.831. The van der Waals surface area contributed by atoms with Crippen LogP contribution >= 0.6 is 12.6 Å². The minimum Gasteiger partial charge on any atom is -0.348 e. The van der Waals surface area contributed by atoms with Crippen molar-refractivity contribution in [2.75, 3.05) is 5.75 Å². The van der Waals surface area contributed by atoms with Crippen LogP contribution in [0.25, 0.3) is 0 Å². The van der Waals surface area contributed by atoms with Crippen LogP contribution in [0.4, 0.5) is 0 Å². The third-order valence-corrected chi connectivity index (χ3v) is 1.87.